The first kappa shape index (κ1) is 12.9. The first-order valence-corrected chi connectivity index (χ1v) is 7.04. The molecule has 3 nitrogen and oxygen atoms in total. The Morgan fingerprint density at radius 1 is 1.47 bits per heavy atom. The molecule has 3 atom stereocenters. The van der Waals surface area contributed by atoms with Crippen LogP contribution in [0.4, 0.5) is 4.39 Å². The van der Waals surface area contributed by atoms with Gasteiger partial charge in [-0.1, -0.05) is 13.0 Å². The van der Waals surface area contributed by atoms with Crippen molar-refractivity contribution in [2.75, 3.05) is 13.1 Å². The first-order chi connectivity index (χ1) is 9.19. The van der Waals surface area contributed by atoms with E-state index in [1.54, 1.807) is 12.1 Å². The number of phenols is 1. The van der Waals surface area contributed by atoms with E-state index in [0.29, 0.717) is 6.54 Å². The normalized spacial score (nSPS) is 30.7. The third-order valence-corrected chi connectivity index (χ3v) is 4.15. The Balaban J connectivity index is 1.93. The molecule has 1 aliphatic heterocycles. The lowest BCUT2D eigenvalue weighted by Gasteiger charge is -2.45. The summed E-state index contributed by atoms with van der Waals surface area (Å²) >= 11 is 0. The molecule has 1 unspecified atom stereocenters. The van der Waals surface area contributed by atoms with Gasteiger partial charge >= 0.3 is 0 Å². The van der Waals surface area contributed by atoms with E-state index in [2.05, 4.69) is 11.8 Å². The van der Waals surface area contributed by atoms with Gasteiger partial charge in [0.05, 0.1) is 6.54 Å². The lowest BCUT2D eigenvalue weighted by atomic mass is 9.84. The van der Waals surface area contributed by atoms with Crippen LogP contribution in [0.2, 0.25) is 0 Å². The average molecular weight is 264 g/mol. The number of alkyl halides is 1. The average Bonchev–Trinajstić information content (AvgIpc) is 2.39. The van der Waals surface area contributed by atoms with Crippen molar-refractivity contribution in [1.29, 1.82) is 0 Å². The van der Waals surface area contributed by atoms with Crippen molar-refractivity contribution in [3.8, 4) is 5.75 Å². The van der Waals surface area contributed by atoms with Crippen molar-refractivity contribution in [1.82, 2.24) is 4.90 Å². The van der Waals surface area contributed by atoms with Crippen LogP contribution in [0.5, 0.6) is 5.75 Å². The smallest absolute Gasteiger partial charge is 0.212 e. The fourth-order valence-electron chi connectivity index (χ4n) is 3.34. The van der Waals surface area contributed by atoms with E-state index in [0.717, 1.165) is 31.4 Å². The maximum Gasteiger partial charge on any atom is 0.212 e. The van der Waals surface area contributed by atoms with Crippen LogP contribution < -0.4 is 0 Å². The summed E-state index contributed by atoms with van der Waals surface area (Å²) in [6.07, 6.45) is 1.50. The molecule has 0 bridgehead atoms. The lowest BCUT2D eigenvalue weighted by molar-refractivity contribution is -0.177. The number of aryl methyl sites for hydroxylation is 1. The highest BCUT2D eigenvalue weighted by molar-refractivity contribution is 5.39. The number of morpholine rings is 1. The van der Waals surface area contributed by atoms with E-state index in [1.165, 1.54) is 5.56 Å². The summed E-state index contributed by atoms with van der Waals surface area (Å²) in [7, 11) is 0. The molecular weight excluding hydrogens is 244 g/mol. The van der Waals surface area contributed by atoms with Crippen LogP contribution >= 0.6 is 0 Å². The van der Waals surface area contributed by atoms with Crippen molar-refractivity contribution in [3.63, 3.8) is 0 Å². The summed E-state index contributed by atoms with van der Waals surface area (Å²) in [4.78, 5) is 2.20. The SMILES string of the molecule is CCCN1CC([18F])O[C@@H]2c3cc(O)ccc3CC[C@H]21. The van der Waals surface area contributed by atoms with E-state index in [9.17, 15) is 9.50 Å². The third-order valence-electron chi connectivity index (χ3n) is 4.15. The minimum atomic E-state index is -1.24. The number of ether oxygens (including phenoxy) is 1. The molecule has 0 spiro atoms. The van der Waals surface area contributed by atoms with E-state index in [1.807, 2.05) is 6.07 Å². The third kappa shape index (κ3) is 2.35. The van der Waals surface area contributed by atoms with Gasteiger partial charge in [0.2, 0.25) is 6.36 Å². The minimum absolute atomic E-state index is 0.228. The molecule has 1 fully saturated rings. The van der Waals surface area contributed by atoms with Gasteiger partial charge < -0.3 is 9.84 Å². The summed E-state index contributed by atoms with van der Waals surface area (Å²) in [5.74, 6) is 0.228. The summed E-state index contributed by atoms with van der Waals surface area (Å²) in [5, 5.41) is 9.65. The fraction of sp³-hybridized carbons (Fsp3) is 0.600. The number of halogens is 1. The number of fused-ring (bicyclic) bond motifs is 3. The predicted molar refractivity (Wildman–Crippen MR) is 70.8 cm³/mol. The van der Waals surface area contributed by atoms with Gasteiger partial charge in [-0.3, -0.25) is 4.90 Å². The molecule has 0 amide bonds. The number of rotatable bonds is 2. The van der Waals surface area contributed by atoms with Crippen molar-refractivity contribution in [2.24, 2.45) is 0 Å². The van der Waals surface area contributed by atoms with Gasteiger partial charge in [0.15, 0.2) is 0 Å². The summed E-state index contributed by atoms with van der Waals surface area (Å²) in [5.41, 5.74) is 2.13. The van der Waals surface area contributed by atoms with Gasteiger partial charge in [-0.05, 0) is 49.1 Å². The van der Waals surface area contributed by atoms with E-state index >= 15 is 0 Å². The van der Waals surface area contributed by atoms with E-state index in [-0.39, 0.29) is 17.9 Å². The van der Waals surface area contributed by atoms with Crippen LogP contribution in [0.1, 0.15) is 37.0 Å². The molecule has 104 valence electrons. The highest BCUT2D eigenvalue weighted by Gasteiger charge is 2.40. The zero-order valence-electron chi connectivity index (χ0n) is 11.2. The highest BCUT2D eigenvalue weighted by atomic mass is 18.2. The maximum atomic E-state index is 13.8. The Morgan fingerprint density at radius 2 is 2.32 bits per heavy atom. The molecule has 4 heteroatoms. The minimum Gasteiger partial charge on any atom is -0.508 e. The molecule has 1 N–H and O–H groups in total. The topological polar surface area (TPSA) is 32.7 Å². The predicted octanol–water partition coefficient (Wildman–Crippen LogP) is 2.79. The summed E-state index contributed by atoms with van der Waals surface area (Å²) in [6, 6.07) is 5.59. The first-order valence-electron chi connectivity index (χ1n) is 7.04. The summed E-state index contributed by atoms with van der Waals surface area (Å²) in [6.45, 7) is 3.38. The molecule has 0 radical (unpaired) electrons. The standard InChI is InChI=1S/C15H20FNO2/c1-2-7-17-9-14(16)19-15-12-8-11(18)5-3-10(12)4-6-13(15)17/h3,5,8,13-15,18H,2,4,6-7,9H2,1H3/t13-,14?,15-/m1/s1/i16-1. The van der Waals surface area contributed by atoms with Gasteiger partial charge in [0, 0.05) is 6.04 Å². The molecular formula is C15H20FNO2. The van der Waals surface area contributed by atoms with Crippen molar-refractivity contribution in [3.05, 3.63) is 29.3 Å². The number of benzene rings is 1. The number of aromatic hydroxyl groups is 1. The monoisotopic (exact) mass is 264 g/mol. The van der Waals surface area contributed by atoms with Gasteiger partial charge in [0.25, 0.3) is 0 Å². The van der Waals surface area contributed by atoms with Crippen LogP contribution in [0.15, 0.2) is 18.2 Å². The van der Waals surface area contributed by atoms with Crippen LogP contribution in [0.25, 0.3) is 0 Å². The molecule has 1 saturated heterocycles. The largest absolute Gasteiger partial charge is 0.508 e. The second-order valence-corrected chi connectivity index (χ2v) is 5.45. The lowest BCUT2D eigenvalue weighted by Crippen LogP contribution is -2.51. The van der Waals surface area contributed by atoms with Crippen LogP contribution in [0, 0.1) is 0 Å². The van der Waals surface area contributed by atoms with Crippen LogP contribution in [-0.4, -0.2) is 35.5 Å². The van der Waals surface area contributed by atoms with Crippen molar-refractivity contribution < 1.29 is 14.2 Å². The zero-order valence-corrected chi connectivity index (χ0v) is 11.2. The Bertz CT molecular complexity index is 465. The van der Waals surface area contributed by atoms with Gasteiger partial charge in [-0.25, -0.2) is 4.39 Å². The number of nitrogens with zero attached hydrogens (tertiary/aromatic N) is 1. The van der Waals surface area contributed by atoms with Crippen molar-refractivity contribution in [2.45, 2.75) is 44.7 Å². The highest BCUT2D eigenvalue weighted by Crippen LogP contribution is 2.40. The van der Waals surface area contributed by atoms with Gasteiger partial charge in [-0.2, -0.15) is 0 Å². The molecule has 19 heavy (non-hydrogen) atoms. The fourth-order valence-corrected chi connectivity index (χ4v) is 3.34. The molecule has 0 aromatic heterocycles. The van der Waals surface area contributed by atoms with Crippen molar-refractivity contribution >= 4 is 0 Å². The molecule has 1 heterocycles. The second-order valence-electron chi connectivity index (χ2n) is 5.45. The molecule has 0 saturated carbocycles. The molecule has 1 aliphatic carbocycles. The molecule has 3 rings (SSSR count). The second kappa shape index (κ2) is 5.10. The van der Waals surface area contributed by atoms with Crippen LogP contribution in [-0.2, 0) is 11.2 Å². The van der Waals surface area contributed by atoms with Gasteiger partial charge in [0.1, 0.15) is 11.9 Å². The van der Waals surface area contributed by atoms with E-state index in [4.69, 9.17) is 4.74 Å². The number of hydrogen-bond acceptors (Lipinski definition) is 3. The van der Waals surface area contributed by atoms with Gasteiger partial charge in [-0.15, -0.1) is 0 Å². The zero-order chi connectivity index (χ0) is 13.4. The quantitative estimate of drug-likeness (QED) is 0.891. The van der Waals surface area contributed by atoms with E-state index < -0.39 is 6.36 Å². The summed E-state index contributed by atoms with van der Waals surface area (Å²) < 4.78 is 19.3. The Hall–Kier alpha value is -1.13. The Labute approximate surface area is 113 Å². The molecule has 2 aliphatic rings. The Morgan fingerprint density at radius 3 is 3.11 bits per heavy atom. The maximum absolute atomic E-state index is 13.8. The Kier molecular flexibility index (Phi) is 3.46. The number of phenolic OH excluding ortho intramolecular Hbond substituents is 1. The molecule has 1 aromatic carbocycles. The van der Waals surface area contributed by atoms with Crippen LogP contribution in [0.3, 0.4) is 0 Å². The molecule has 1 aromatic rings. The number of hydrogen-bond donors (Lipinski definition) is 1.